The van der Waals surface area contributed by atoms with E-state index in [2.05, 4.69) is 5.32 Å². The van der Waals surface area contributed by atoms with Gasteiger partial charge in [-0.1, -0.05) is 18.6 Å². The number of piperidine rings is 1. The summed E-state index contributed by atoms with van der Waals surface area (Å²) >= 11 is 0. The summed E-state index contributed by atoms with van der Waals surface area (Å²) in [4.78, 5) is 11.6. The molecule has 21 heavy (non-hydrogen) atoms. The zero-order chi connectivity index (χ0) is 14.9. The summed E-state index contributed by atoms with van der Waals surface area (Å²) in [7, 11) is -3.36. The largest absolute Gasteiger partial charge is 0.355 e. The van der Waals surface area contributed by atoms with E-state index in [0.29, 0.717) is 31.0 Å². The number of carbonyl (C=O) groups is 1. The third kappa shape index (κ3) is 2.96. The lowest BCUT2D eigenvalue weighted by atomic mass is 9.99. The highest BCUT2D eigenvalue weighted by molar-refractivity contribution is 7.89. The molecule has 1 atom stereocenters. The minimum absolute atomic E-state index is 0.0602. The maximum Gasteiger partial charge on any atom is 0.243 e. The first kappa shape index (κ1) is 14.5. The third-order valence-electron chi connectivity index (χ3n) is 4.28. The maximum absolute atomic E-state index is 12.5. The molecule has 2 aliphatic heterocycles. The maximum atomic E-state index is 12.5. The second-order valence-electron chi connectivity index (χ2n) is 5.74. The fraction of sp³-hybridized carbons (Fsp3) is 0.533. The average molecular weight is 308 g/mol. The van der Waals surface area contributed by atoms with Gasteiger partial charge < -0.3 is 5.32 Å². The van der Waals surface area contributed by atoms with Crippen LogP contribution in [-0.2, 0) is 14.8 Å². The van der Waals surface area contributed by atoms with Crippen LogP contribution in [-0.4, -0.2) is 38.3 Å². The van der Waals surface area contributed by atoms with E-state index in [1.807, 2.05) is 12.1 Å². The number of carbonyl (C=O) groups excluding carboxylic acids is 1. The van der Waals surface area contributed by atoms with Gasteiger partial charge in [-0.25, -0.2) is 8.42 Å². The quantitative estimate of drug-likeness (QED) is 0.919. The number of sulfonamides is 1. The van der Waals surface area contributed by atoms with Crippen molar-refractivity contribution in [1.29, 1.82) is 0 Å². The van der Waals surface area contributed by atoms with E-state index in [-0.39, 0.29) is 11.8 Å². The smallest absolute Gasteiger partial charge is 0.243 e. The number of nitrogens with one attached hydrogen (secondary N) is 1. The Morgan fingerprint density at radius 3 is 2.29 bits per heavy atom. The Labute approximate surface area is 125 Å². The molecule has 1 aromatic rings. The van der Waals surface area contributed by atoms with Crippen LogP contribution in [0.4, 0.5) is 0 Å². The normalized spacial score (nSPS) is 24.0. The van der Waals surface area contributed by atoms with Crippen molar-refractivity contribution in [3.8, 4) is 0 Å². The summed E-state index contributed by atoms with van der Waals surface area (Å²) < 4.78 is 26.6. The first-order chi connectivity index (χ1) is 10.1. The van der Waals surface area contributed by atoms with Crippen LogP contribution in [0.15, 0.2) is 29.2 Å². The number of hydrogen-bond acceptors (Lipinski definition) is 3. The highest BCUT2D eigenvalue weighted by Gasteiger charge is 2.27. The van der Waals surface area contributed by atoms with Crippen molar-refractivity contribution >= 4 is 15.9 Å². The minimum Gasteiger partial charge on any atom is -0.355 e. The fourth-order valence-electron chi connectivity index (χ4n) is 3.01. The molecule has 5 nitrogen and oxygen atoms in total. The first-order valence-electron chi connectivity index (χ1n) is 7.44. The Balaban J connectivity index is 1.78. The van der Waals surface area contributed by atoms with Crippen LogP contribution < -0.4 is 5.32 Å². The molecule has 0 saturated carbocycles. The molecule has 3 rings (SSSR count). The SMILES string of the molecule is O=C1C[C@@H](c2ccc(S(=O)(=O)N3CCCCC3)cc2)CN1. The first-order valence-corrected chi connectivity index (χ1v) is 8.88. The Kier molecular flexibility index (Phi) is 3.99. The van der Waals surface area contributed by atoms with Crippen LogP contribution in [0.2, 0.25) is 0 Å². The second kappa shape index (κ2) is 5.77. The second-order valence-corrected chi connectivity index (χ2v) is 7.68. The third-order valence-corrected chi connectivity index (χ3v) is 6.19. The lowest BCUT2D eigenvalue weighted by Crippen LogP contribution is -2.35. The molecule has 1 amide bonds. The van der Waals surface area contributed by atoms with E-state index in [9.17, 15) is 13.2 Å². The molecule has 0 aromatic heterocycles. The van der Waals surface area contributed by atoms with Crippen molar-refractivity contribution in [2.75, 3.05) is 19.6 Å². The summed E-state index contributed by atoms with van der Waals surface area (Å²) in [5.41, 5.74) is 1.02. The highest BCUT2D eigenvalue weighted by Crippen LogP contribution is 2.26. The number of nitrogens with zero attached hydrogens (tertiary/aromatic N) is 1. The Bertz CT molecular complexity index is 619. The van der Waals surface area contributed by atoms with Crippen LogP contribution in [0.3, 0.4) is 0 Å². The molecule has 2 fully saturated rings. The molecule has 2 aliphatic rings. The van der Waals surface area contributed by atoms with Crippen molar-refractivity contribution in [1.82, 2.24) is 9.62 Å². The van der Waals surface area contributed by atoms with Gasteiger partial charge in [0.05, 0.1) is 4.90 Å². The summed E-state index contributed by atoms with van der Waals surface area (Å²) in [6.45, 7) is 1.87. The van der Waals surface area contributed by atoms with Gasteiger partial charge in [0.2, 0.25) is 15.9 Å². The van der Waals surface area contributed by atoms with E-state index in [1.54, 1.807) is 16.4 Å². The van der Waals surface area contributed by atoms with Crippen LogP contribution in [0.25, 0.3) is 0 Å². The van der Waals surface area contributed by atoms with Gasteiger partial charge >= 0.3 is 0 Å². The molecule has 1 aromatic carbocycles. The summed E-state index contributed by atoms with van der Waals surface area (Å²) in [6.07, 6.45) is 3.46. The van der Waals surface area contributed by atoms with Gasteiger partial charge in [-0.15, -0.1) is 0 Å². The van der Waals surface area contributed by atoms with E-state index in [4.69, 9.17) is 0 Å². The van der Waals surface area contributed by atoms with Gasteiger partial charge in [0, 0.05) is 32.0 Å². The molecular formula is C15H20N2O3S. The van der Waals surface area contributed by atoms with Gasteiger partial charge in [0.1, 0.15) is 0 Å². The number of hydrogen-bond donors (Lipinski definition) is 1. The van der Waals surface area contributed by atoms with Gasteiger partial charge in [-0.2, -0.15) is 4.31 Å². The van der Waals surface area contributed by atoms with Crippen molar-refractivity contribution in [2.45, 2.75) is 36.5 Å². The Morgan fingerprint density at radius 2 is 1.71 bits per heavy atom. The summed E-state index contributed by atoms with van der Waals surface area (Å²) in [5.74, 6) is 0.217. The average Bonchev–Trinajstić information content (AvgIpc) is 2.95. The van der Waals surface area contributed by atoms with Gasteiger partial charge in [0.15, 0.2) is 0 Å². The molecule has 114 valence electrons. The molecular weight excluding hydrogens is 288 g/mol. The number of benzene rings is 1. The van der Waals surface area contributed by atoms with Crippen LogP contribution in [0, 0.1) is 0 Å². The predicted octanol–water partition coefficient (Wildman–Crippen LogP) is 1.46. The molecule has 0 spiro atoms. The highest BCUT2D eigenvalue weighted by atomic mass is 32.2. The van der Waals surface area contributed by atoms with Crippen molar-refractivity contribution in [3.63, 3.8) is 0 Å². The van der Waals surface area contributed by atoms with Crippen molar-refractivity contribution in [3.05, 3.63) is 29.8 Å². The van der Waals surface area contributed by atoms with Crippen molar-refractivity contribution in [2.24, 2.45) is 0 Å². The molecule has 6 heteroatoms. The lowest BCUT2D eigenvalue weighted by molar-refractivity contribution is -0.119. The topological polar surface area (TPSA) is 66.5 Å². The molecule has 0 radical (unpaired) electrons. The van der Waals surface area contributed by atoms with Crippen LogP contribution in [0.1, 0.15) is 37.2 Å². The molecule has 0 aliphatic carbocycles. The van der Waals surface area contributed by atoms with Crippen LogP contribution >= 0.6 is 0 Å². The summed E-state index contributed by atoms with van der Waals surface area (Å²) in [6, 6.07) is 7.01. The summed E-state index contributed by atoms with van der Waals surface area (Å²) in [5, 5.41) is 2.80. The number of rotatable bonds is 3. The molecule has 0 unspecified atom stereocenters. The Morgan fingerprint density at radius 1 is 1.05 bits per heavy atom. The molecule has 2 saturated heterocycles. The van der Waals surface area contributed by atoms with E-state index >= 15 is 0 Å². The number of amides is 1. The van der Waals surface area contributed by atoms with Crippen molar-refractivity contribution < 1.29 is 13.2 Å². The van der Waals surface area contributed by atoms with Gasteiger partial charge in [-0.3, -0.25) is 4.79 Å². The fourth-order valence-corrected chi connectivity index (χ4v) is 4.52. The Hall–Kier alpha value is -1.40. The molecule has 0 bridgehead atoms. The predicted molar refractivity (Wildman–Crippen MR) is 79.4 cm³/mol. The van der Waals surface area contributed by atoms with E-state index < -0.39 is 10.0 Å². The zero-order valence-corrected chi connectivity index (χ0v) is 12.7. The standard InChI is InChI=1S/C15H20N2O3S/c18-15-10-13(11-16-15)12-4-6-14(7-5-12)21(19,20)17-8-2-1-3-9-17/h4-7,13H,1-3,8-11H2,(H,16,18)/t13-/m1/s1. The minimum atomic E-state index is -3.36. The molecule has 1 N–H and O–H groups in total. The van der Waals surface area contributed by atoms with Gasteiger partial charge in [0.25, 0.3) is 0 Å². The lowest BCUT2D eigenvalue weighted by Gasteiger charge is -2.26. The van der Waals surface area contributed by atoms with Crippen LogP contribution in [0.5, 0.6) is 0 Å². The monoisotopic (exact) mass is 308 g/mol. The zero-order valence-electron chi connectivity index (χ0n) is 11.9. The van der Waals surface area contributed by atoms with E-state index in [1.165, 1.54) is 0 Å². The van der Waals surface area contributed by atoms with Gasteiger partial charge in [-0.05, 0) is 30.5 Å². The molecule has 2 heterocycles. The van der Waals surface area contributed by atoms with E-state index in [0.717, 1.165) is 24.8 Å².